The van der Waals surface area contributed by atoms with E-state index >= 15 is 0 Å². The first kappa shape index (κ1) is 21.6. The molecule has 1 amide bonds. The van der Waals surface area contributed by atoms with Crippen LogP contribution in [-0.4, -0.2) is 41.0 Å². The number of ether oxygens (including phenoxy) is 2. The van der Waals surface area contributed by atoms with Gasteiger partial charge in [-0.1, -0.05) is 12.1 Å². The molecule has 1 aliphatic rings. The van der Waals surface area contributed by atoms with Gasteiger partial charge in [-0.15, -0.1) is 0 Å². The fourth-order valence-corrected chi connectivity index (χ4v) is 3.92. The number of anilines is 2. The summed E-state index contributed by atoms with van der Waals surface area (Å²) in [6.07, 6.45) is 5.80. The van der Waals surface area contributed by atoms with Crippen molar-refractivity contribution in [3.05, 3.63) is 72.2 Å². The summed E-state index contributed by atoms with van der Waals surface area (Å²) in [5.74, 6) is 1.36. The van der Waals surface area contributed by atoms with E-state index in [9.17, 15) is 4.79 Å². The van der Waals surface area contributed by atoms with E-state index < -0.39 is 5.91 Å². The largest absolute Gasteiger partial charge is 0.493 e. The molecule has 3 aromatic rings. The first-order valence-electron chi connectivity index (χ1n) is 10.6. The van der Waals surface area contributed by atoms with Gasteiger partial charge in [-0.25, -0.2) is 4.98 Å². The van der Waals surface area contributed by atoms with Crippen LogP contribution in [0.15, 0.2) is 60.9 Å². The number of likely N-dealkylation sites (tertiary alicyclic amines) is 1. The molecular formula is C24H27N5O3. The first-order chi connectivity index (χ1) is 15.6. The Hall–Kier alpha value is -3.65. The van der Waals surface area contributed by atoms with Crippen molar-refractivity contribution in [3.63, 3.8) is 0 Å². The minimum Gasteiger partial charge on any atom is -0.493 e. The highest BCUT2D eigenvalue weighted by Gasteiger charge is 2.27. The summed E-state index contributed by atoms with van der Waals surface area (Å²) >= 11 is 0. The second kappa shape index (κ2) is 10.1. The summed E-state index contributed by atoms with van der Waals surface area (Å²) in [7, 11) is 1.58. The van der Waals surface area contributed by atoms with Crippen molar-refractivity contribution in [2.24, 2.45) is 5.73 Å². The number of carbonyl (C=O) groups is 1. The SMILES string of the molecule is COc1cc(CN2CCC[C@H]2c2ccc(Nc3ccccn3)cn2)ccc1OCC(N)=O. The molecule has 0 bridgehead atoms. The average molecular weight is 434 g/mol. The molecule has 0 radical (unpaired) electrons. The fraction of sp³-hybridized carbons (Fsp3) is 0.292. The molecule has 3 heterocycles. The van der Waals surface area contributed by atoms with E-state index in [1.165, 1.54) is 0 Å². The summed E-state index contributed by atoms with van der Waals surface area (Å²) < 4.78 is 10.9. The molecule has 0 aliphatic carbocycles. The van der Waals surface area contributed by atoms with Crippen molar-refractivity contribution < 1.29 is 14.3 Å². The van der Waals surface area contributed by atoms with E-state index in [1.54, 1.807) is 13.3 Å². The highest BCUT2D eigenvalue weighted by Crippen LogP contribution is 2.34. The Balaban J connectivity index is 1.43. The summed E-state index contributed by atoms with van der Waals surface area (Å²) in [5, 5.41) is 3.27. The van der Waals surface area contributed by atoms with Crippen LogP contribution in [-0.2, 0) is 11.3 Å². The maximum Gasteiger partial charge on any atom is 0.255 e. The number of nitrogens with two attached hydrogens (primary N) is 1. The normalized spacial score (nSPS) is 16.0. The number of methoxy groups -OCH3 is 1. The number of amides is 1. The van der Waals surface area contributed by atoms with E-state index in [2.05, 4.69) is 21.3 Å². The number of nitrogens with one attached hydrogen (secondary N) is 1. The minimum atomic E-state index is -0.523. The van der Waals surface area contributed by atoms with E-state index in [1.807, 2.05) is 48.7 Å². The van der Waals surface area contributed by atoms with Crippen molar-refractivity contribution in [1.82, 2.24) is 14.9 Å². The predicted octanol–water partition coefficient (Wildman–Crippen LogP) is 3.43. The minimum absolute atomic E-state index is 0.180. The molecule has 1 aromatic carbocycles. The molecule has 2 aromatic heterocycles. The Morgan fingerprint density at radius 3 is 2.81 bits per heavy atom. The number of benzene rings is 1. The Bertz CT molecular complexity index is 1040. The van der Waals surface area contributed by atoms with Gasteiger partial charge < -0.3 is 20.5 Å². The van der Waals surface area contributed by atoms with Crippen LogP contribution in [0.1, 0.15) is 30.1 Å². The van der Waals surface area contributed by atoms with Crippen molar-refractivity contribution in [3.8, 4) is 11.5 Å². The third-order valence-corrected chi connectivity index (χ3v) is 5.41. The maximum absolute atomic E-state index is 11.0. The summed E-state index contributed by atoms with van der Waals surface area (Å²) in [6.45, 7) is 1.59. The number of primary amides is 1. The molecule has 166 valence electrons. The van der Waals surface area contributed by atoms with Gasteiger partial charge in [-0.3, -0.25) is 14.7 Å². The second-order valence-electron chi connectivity index (χ2n) is 7.68. The third-order valence-electron chi connectivity index (χ3n) is 5.41. The number of pyridine rings is 2. The average Bonchev–Trinajstić information content (AvgIpc) is 3.27. The lowest BCUT2D eigenvalue weighted by molar-refractivity contribution is -0.119. The van der Waals surface area contributed by atoms with Crippen LogP contribution in [0.4, 0.5) is 11.5 Å². The number of rotatable bonds is 9. The zero-order valence-corrected chi connectivity index (χ0v) is 18.0. The lowest BCUT2D eigenvalue weighted by Gasteiger charge is -2.24. The summed E-state index contributed by atoms with van der Waals surface area (Å²) in [4.78, 5) is 22.4. The monoisotopic (exact) mass is 433 g/mol. The maximum atomic E-state index is 11.0. The summed E-state index contributed by atoms with van der Waals surface area (Å²) in [6, 6.07) is 15.9. The molecule has 0 unspecified atom stereocenters. The molecule has 1 saturated heterocycles. The molecule has 1 aliphatic heterocycles. The van der Waals surface area contributed by atoms with Crippen LogP contribution in [0.3, 0.4) is 0 Å². The van der Waals surface area contributed by atoms with E-state index in [4.69, 9.17) is 20.2 Å². The van der Waals surface area contributed by atoms with Gasteiger partial charge in [0.2, 0.25) is 0 Å². The number of nitrogens with zero attached hydrogens (tertiary/aromatic N) is 3. The quantitative estimate of drug-likeness (QED) is 0.533. The van der Waals surface area contributed by atoms with E-state index in [0.29, 0.717) is 11.5 Å². The van der Waals surface area contributed by atoms with Gasteiger partial charge in [0.05, 0.1) is 30.7 Å². The molecular weight excluding hydrogens is 406 g/mol. The number of hydrogen-bond donors (Lipinski definition) is 2. The third kappa shape index (κ3) is 5.33. The van der Waals surface area contributed by atoms with Gasteiger partial charge in [0.25, 0.3) is 5.91 Å². The van der Waals surface area contributed by atoms with Gasteiger partial charge in [-0.05, 0) is 61.3 Å². The van der Waals surface area contributed by atoms with Crippen molar-refractivity contribution in [1.29, 1.82) is 0 Å². The van der Waals surface area contributed by atoms with Crippen molar-refractivity contribution >= 4 is 17.4 Å². The standard InChI is InChI=1S/C24H27N5O3/c1-31-22-13-17(7-10-21(22)32-16-23(25)30)15-29-12-4-5-20(29)19-9-8-18(14-27-19)28-24-6-2-3-11-26-24/h2-3,6-11,13-14,20H,4-5,12,15-16H2,1H3,(H2,25,30)(H,26,28)/t20-/m0/s1. The predicted molar refractivity (Wildman–Crippen MR) is 122 cm³/mol. The Morgan fingerprint density at radius 2 is 2.09 bits per heavy atom. The van der Waals surface area contributed by atoms with Crippen LogP contribution in [0.5, 0.6) is 11.5 Å². The van der Waals surface area contributed by atoms with E-state index in [0.717, 1.165) is 48.7 Å². The Labute approximate surface area is 187 Å². The number of hydrogen-bond acceptors (Lipinski definition) is 7. The molecule has 32 heavy (non-hydrogen) atoms. The van der Waals surface area contributed by atoms with E-state index in [-0.39, 0.29) is 12.6 Å². The molecule has 4 rings (SSSR count). The van der Waals surface area contributed by atoms with Gasteiger partial charge in [0.1, 0.15) is 5.82 Å². The van der Waals surface area contributed by atoms with Gasteiger partial charge >= 0.3 is 0 Å². The van der Waals surface area contributed by atoms with Crippen LogP contribution >= 0.6 is 0 Å². The Kier molecular flexibility index (Phi) is 6.81. The highest BCUT2D eigenvalue weighted by molar-refractivity contribution is 5.75. The van der Waals surface area contributed by atoms with Crippen molar-refractivity contribution in [2.45, 2.75) is 25.4 Å². The zero-order valence-electron chi connectivity index (χ0n) is 18.0. The molecule has 1 atom stereocenters. The number of carbonyl (C=O) groups excluding carboxylic acids is 1. The van der Waals surface area contributed by atoms with Crippen LogP contribution in [0.2, 0.25) is 0 Å². The topological polar surface area (TPSA) is 103 Å². The first-order valence-corrected chi connectivity index (χ1v) is 10.6. The lowest BCUT2D eigenvalue weighted by Crippen LogP contribution is -2.23. The molecule has 8 nitrogen and oxygen atoms in total. The van der Waals surface area contributed by atoms with Crippen LogP contribution in [0.25, 0.3) is 0 Å². The van der Waals surface area contributed by atoms with Crippen LogP contribution < -0.4 is 20.5 Å². The lowest BCUT2D eigenvalue weighted by atomic mass is 10.1. The molecule has 0 spiro atoms. The molecule has 8 heteroatoms. The molecule has 0 saturated carbocycles. The van der Waals surface area contributed by atoms with Gasteiger partial charge in [0.15, 0.2) is 18.1 Å². The smallest absolute Gasteiger partial charge is 0.255 e. The number of aromatic nitrogens is 2. The van der Waals surface area contributed by atoms with Gasteiger partial charge in [-0.2, -0.15) is 0 Å². The van der Waals surface area contributed by atoms with Gasteiger partial charge in [0, 0.05) is 12.7 Å². The highest BCUT2D eigenvalue weighted by atomic mass is 16.5. The summed E-state index contributed by atoms with van der Waals surface area (Å²) in [5.41, 5.74) is 8.24. The molecule has 1 fully saturated rings. The molecule has 3 N–H and O–H groups in total. The fourth-order valence-electron chi connectivity index (χ4n) is 3.92. The Morgan fingerprint density at radius 1 is 1.19 bits per heavy atom. The van der Waals surface area contributed by atoms with Crippen molar-refractivity contribution in [2.75, 3.05) is 25.6 Å². The second-order valence-corrected chi connectivity index (χ2v) is 7.68. The zero-order chi connectivity index (χ0) is 22.3. The van der Waals surface area contributed by atoms with Crippen LogP contribution in [0, 0.1) is 0 Å².